The first kappa shape index (κ1) is 25.7. The number of ether oxygens (including phenoxy) is 2. The van der Waals surface area contributed by atoms with Gasteiger partial charge in [0.15, 0.2) is 11.5 Å². The van der Waals surface area contributed by atoms with Gasteiger partial charge in [-0.2, -0.15) is 5.26 Å². The smallest absolute Gasteiger partial charge is 0.269 e. The number of nitriles is 1. The van der Waals surface area contributed by atoms with Crippen LogP contribution in [0.2, 0.25) is 0 Å². The quantitative estimate of drug-likeness (QED) is 0.108. The molecule has 9 heteroatoms. The zero-order valence-electron chi connectivity index (χ0n) is 19.1. The minimum atomic E-state index is -0.517. The standard InChI is InChI=1S/C26H22IN3O5/c1-3-34-24-14-19(11-20(15-28)26(31)29-21-8-4-6-17(2)10-21)13-23(27)25(24)35-16-18-7-5-9-22(12-18)30(32)33/h4-14H,3,16H2,1-2H3,(H,29,31)/b20-11+. The average molecular weight is 583 g/mol. The molecule has 8 nitrogen and oxygen atoms in total. The van der Waals surface area contributed by atoms with Gasteiger partial charge in [-0.15, -0.1) is 0 Å². The fourth-order valence-corrected chi connectivity index (χ4v) is 4.01. The Morgan fingerprint density at radius 3 is 2.63 bits per heavy atom. The van der Waals surface area contributed by atoms with Crippen LogP contribution in [-0.2, 0) is 11.4 Å². The van der Waals surface area contributed by atoms with E-state index in [2.05, 4.69) is 27.9 Å². The summed E-state index contributed by atoms with van der Waals surface area (Å²) in [5.41, 5.74) is 2.75. The van der Waals surface area contributed by atoms with Crippen LogP contribution in [0, 0.1) is 31.9 Å². The first-order valence-corrected chi connectivity index (χ1v) is 11.7. The van der Waals surface area contributed by atoms with Crippen molar-refractivity contribution in [2.75, 3.05) is 11.9 Å². The zero-order valence-corrected chi connectivity index (χ0v) is 21.2. The molecule has 0 fully saturated rings. The van der Waals surface area contributed by atoms with E-state index in [4.69, 9.17) is 9.47 Å². The summed E-state index contributed by atoms with van der Waals surface area (Å²) in [5, 5.41) is 23.3. The molecule has 0 heterocycles. The Bertz CT molecular complexity index is 1330. The molecular formula is C26H22IN3O5. The van der Waals surface area contributed by atoms with Crippen molar-refractivity contribution in [2.45, 2.75) is 20.5 Å². The maximum Gasteiger partial charge on any atom is 0.269 e. The van der Waals surface area contributed by atoms with Crippen molar-refractivity contribution in [1.82, 2.24) is 0 Å². The molecule has 0 aromatic heterocycles. The predicted octanol–water partition coefficient (Wildman–Crippen LogP) is 6.03. The number of aryl methyl sites for hydroxylation is 1. The Morgan fingerprint density at radius 2 is 1.94 bits per heavy atom. The van der Waals surface area contributed by atoms with Crippen LogP contribution >= 0.6 is 22.6 Å². The van der Waals surface area contributed by atoms with Crippen molar-refractivity contribution in [3.8, 4) is 17.6 Å². The van der Waals surface area contributed by atoms with Gasteiger partial charge in [-0.3, -0.25) is 14.9 Å². The van der Waals surface area contributed by atoms with Crippen LogP contribution in [0.4, 0.5) is 11.4 Å². The number of halogens is 1. The molecule has 0 saturated carbocycles. The van der Waals surface area contributed by atoms with E-state index in [1.807, 2.05) is 38.1 Å². The van der Waals surface area contributed by atoms with Gasteiger partial charge >= 0.3 is 0 Å². The molecule has 0 aliphatic carbocycles. The van der Waals surface area contributed by atoms with Gasteiger partial charge < -0.3 is 14.8 Å². The van der Waals surface area contributed by atoms with Crippen molar-refractivity contribution in [3.05, 3.63) is 96.6 Å². The van der Waals surface area contributed by atoms with E-state index in [0.717, 1.165) is 5.56 Å². The third-order valence-corrected chi connectivity index (χ3v) is 5.59. The molecule has 178 valence electrons. The number of nitrogens with zero attached hydrogens (tertiary/aromatic N) is 2. The van der Waals surface area contributed by atoms with E-state index < -0.39 is 10.8 Å². The molecule has 3 aromatic carbocycles. The Hall–Kier alpha value is -3.91. The Labute approximate surface area is 216 Å². The van der Waals surface area contributed by atoms with Gasteiger partial charge in [0.2, 0.25) is 0 Å². The fraction of sp³-hybridized carbons (Fsp3) is 0.154. The largest absolute Gasteiger partial charge is 0.490 e. The molecule has 1 N–H and O–H groups in total. The highest BCUT2D eigenvalue weighted by molar-refractivity contribution is 14.1. The lowest BCUT2D eigenvalue weighted by Gasteiger charge is -2.15. The van der Waals surface area contributed by atoms with Gasteiger partial charge in [-0.1, -0.05) is 24.3 Å². The molecule has 1 amide bonds. The number of non-ortho nitro benzene ring substituents is 1. The number of amides is 1. The number of benzene rings is 3. The van der Waals surface area contributed by atoms with Gasteiger partial charge in [0.05, 0.1) is 15.1 Å². The second kappa shape index (κ2) is 12.0. The summed E-state index contributed by atoms with van der Waals surface area (Å²) < 4.78 is 12.4. The van der Waals surface area contributed by atoms with E-state index >= 15 is 0 Å². The fourth-order valence-electron chi connectivity index (χ4n) is 3.23. The van der Waals surface area contributed by atoms with Crippen LogP contribution in [-0.4, -0.2) is 17.4 Å². The van der Waals surface area contributed by atoms with Gasteiger partial charge in [0.25, 0.3) is 11.6 Å². The molecule has 0 unspecified atom stereocenters. The molecular weight excluding hydrogens is 561 g/mol. The third kappa shape index (κ3) is 7.04. The lowest BCUT2D eigenvalue weighted by molar-refractivity contribution is -0.384. The van der Waals surface area contributed by atoms with Gasteiger partial charge in [-0.05, 0) is 83.5 Å². The summed E-state index contributed by atoms with van der Waals surface area (Å²) in [6.07, 6.45) is 1.49. The molecule has 0 bridgehead atoms. The van der Waals surface area contributed by atoms with Crippen molar-refractivity contribution in [2.24, 2.45) is 0 Å². The summed E-state index contributed by atoms with van der Waals surface area (Å²) in [6, 6.07) is 18.9. The average Bonchev–Trinajstić information content (AvgIpc) is 2.82. The van der Waals surface area contributed by atoms with Crippen LogP contribution in [0.25, 0.3) is 6.08 Å². The van der Waals surface area contributed by atoms with Crippen LogP contribution in [0.3, 0.4) is 0 Å². The molecule has 3 rings (SSSR count). The second-order valence-corrected chi connectivity index (χ2v) is 8.63. The minimum Gasteiger partial charge on any atom is -0.490 e. The number of carbonyl (C=O) groups excluding carboxylic acids is 1. The zero-order chi connectivity index (χ0) is 25.4. The maximum absolute atomic E-state index is 12.6. The maximum atomic E-state index is 12.6. The number of anilines is 1. The normalized spacial score (nSPS) is 10.9. The topological polar surface area (TPSA) is 114 Å². The van der Waals surface area contributed by atoms with E-state index in [0.29, 0.717) is 38.5 Å². The van der Waals surface area contributed by atoms with Crippen LogP contribution < -0.4 is 14.8 Å². The number of rotatable bonds is 9. The summed E-state index contributed by atoms with van der Waals surface area (Å²) in [4.78, 5) is 23.2. The summed E-state index contributed by atoms with van der Waals surface area (Å²) in [6.45, 7) is 4.22. The van der Waals surface area contributed by atoms with Crippen LogP contribution in [0.5, 0.6) is 11.5 Å². The summed E-state index contributed by atoms with van der Waals surface area (Å²) in [5.74, 6) is 0.392. The minimum absolute atomic E-state index is 0.0145. The van der Waals surface area contributed by atoms with Crippen molar-refractivity contribution >= 4 is 45.9 Å². The molecule has 0 radical (unpaired) electrons. The van der Waals surface area contributed by atoms with Crippen molar-refractivity contribution < 1.29 is 19.2 Å². The lowest BCUT2D eigenvalue weighted by Crippen LogP contribution is -2.13. The molecule has 3 aromatic rings. The lowest BCUT2D eigenvalue weighted by atomic mass is 10.1. The number of nitrogens with one attached hydrogen (secondary N) is 1. The Kier molecular flexibility index (Phi) is 8.80. The number of carbonyl (C=O) groups is 1. The second-order valence-electron chi connectivity index (χ2n) is 7.47. The summed E-state index contributed by atoms with van der Waals surface area (Å²) >= 11 is 2.08. The number of nitro groups is 1. The van der Waals surface area contributed by atoms with E-state index in [1.54, 1.807) is 30.3 Å². The van der Waals surface area contributed by atoms with Gasteiger partial charge in [0, 0.05) is 17.8 Å². The molecule has 35 heavy (non-hydrogen) atoms. The molecule has 0 atom stereocenters. The highest BCUT2D eigenvalue weighted by atomic mass is 127. The van der Waals surface area contributed by atoms with Crippen molar-refractivity contribution in [1.29, 1.82) is 5.26 Å². The Morgan fingerprint density at radius 1 is 1.17 bits per heavy atom. The first-order chi connectivity index (χ1) is 16.8. The first-order valence-electron chi connectivity index (χ1n) is 10.6. The molecule has 0 aliphatic heterocycles. The highest BCUT2D eigenvalue weighted by Gasteiger charge is 2.15. The number of nitro benzene ring substituents is 1. The molecule has 0 spiro atoms. The van der Waals surface area contributed by atoms with Crippen LogP contribution in [0.1, 0.15) is 23.6 Å². The van der Waals surface area contributed by atoms with Gasteiger partial charge in [0.1, 0.15) is 18.2 Å². The van der Waals surface area contributed by atoms with Crippen LogP contribution in [0.15, 0.2) is 66.2 Å². The Balaban J connectivity index is 1.85. The summed E-state index contributed by atoms with van der Waals surface area (Å²) in [7, 11) is 0. The number of hydrogen-bond donors (Lipinski definition) is 1. The van der Waals surface area contributed by atoms with Gasteiger partial charge in [-0.25, -0.2) is 0 Å². The molecule has 0 aliphatic rings. The third-order valence-electron chi connectivity index (χ3n) is 4.79. The predicted molar refractivity (Wildman–Crippen MR) is 141 cm³/mol. The molecule has 0 saturated heterocycles. The monoisotopic (exact) mass is 583 g/mol. The van der Waals surface area contributed by atoms with E-state index in [9.17, 15) is 20.2 Å². The van der Waals surface area contributed by atoms with Crippen molar-refractivity contribution in [3.63, 3.8) is 0 Å². The highest BCUT2D eigenvalue weighted by Crippen LogP contribution is 2.35. The van der Waals surface area contributed by atoms with E-state index in [-0.39, 0.29) is 17.9 Å². The van der Waals surface area contributed by atoms with E-state index in [1.165, 1.54) is 18.2 Å². The SMILES string of the molecule is CCOc1cc(/C=C(\C#N)C(=O)Nc2cccc(C)c2)cc(I)c1OCc1cccc([N+](=O)[O-])c1. The number of hydrogen-bond acceptors (Lipinski definition) is 6.